The van der Waals surface area contributed by atoms with E-state index in [0.29, 0.717) is 11.8 Å². The fourth-order valence-corrected chi connectivity index (χ4v) is 13.7. The van der Waals surface area contributed by atoms with Crippen LogP contribution in [0.1, 0.15) is 99.8 Å². The molecule has 7 aromatic rings. The molecule has 5 aliphatic rings. The Labute approximate surface area is 344 Å². The zero-order chi connectivity index (χ0) is 38.4. The first kappa shape index (κ1) is 34.6. The largest absolute Gasteiger partial charge is 0.310 e. The van der Waals surface area contributed by atoms with Crippen molar-refractivity contribution >= 4 is 27.8 Å². The smallest absolute Gasteiger partial charge is 0.0543 e. The molecule has 0 heterocycles. The van der Waals surface area contributed by atoms with E-state index in [1.807, 2.05) is 0 Å². The van der Waals surface area contributed by atoms with Crippen molar-refractivity contribution in [1.82, 2.24) is 0 Å². The van der Waals surface area contributed by atoms with E-state index in [-0.39, 0.29) is 10.8 Å². The van der Waals surface area contributed by atoms with Crippen LogP contribution in [-0.2, 0) is 10.8 Å². The molecule has 5 aliphatic carbocycles. The van der Waals surface area contributed by atoms with Crippen LogP contribution >= 0.6 is 0 Å². The number of fused-ring (bicyclic) bond motifs is 9. The maximum absolute atomic E-state index is 2.66. The van der Waals surface area contributed by atoms with Gasteiger partial charge in [0.25, 0.3) is 0 Å². The highest BCUT2D eigenvalue weighted by molar-refractivity contribution is 5.99. The molecule has 286 valence electrons. The molecule has 2 bridgehead atoms. The monoisotopic (exact) mass is 751 g/mol. The van der Waals surface area contributed by atoms with Crippen molar-refractivity contribution < 1.29 is 0 Å². The average Bonchev–Trinajstić information content (AvgIpc) is 3.71. The molecule has 58 heavy (non-hydrogen) atoms. The highest BCUT2D eigenvalue weighted by Crippen LogP contribution is 2.67. The van der Waals surface area contributed by atoms with Gasteiger partial charge in [-0.2, -0.15) is 0 Å². The van der Waals surface area contributed by atoms with E-state index in [1.54, 1.807) is 16.7 Å². The average molecular weight is 752 g/mol. The minimum Gasteiger partial charge on any atom is -0.310 e. The molecule has 0 amide bonds. The van der Waals surface area contributed by atoms with Crippen LogP contribution in [0.5, 0.6) is 0 Å². The highest BCUT2D eigenvalue weighted by Gasteiger charge is 2.58. The maximum Gasteiger partial charge on any atom is 0.0543 e. The molecule has 2 spiro atoms. The van der Waals surface area contributed by atoms with Gasteiger partial charge < -0.3 is 4.90 Å². The predicted molar refractivity (Wildman–Crippen MR) is 243 cm³/mol. The molecule has 0 aromatic heterocycles. The van der Waals surface area contributed by atoms with Gasteiger partial charge in [-0.25, -0.2) is 0 Å². The van der Waals surface area contributed by atoms with E-state index in [1.165, 1.54) is 137 Å². The number of nitrogens with zero attached hydrogens (tertiary/aromatic N) is 1. The standard InChI is InChI=1S/C57H53N/c1-2-38-34-41-19-14-20-42(35-38)57(41)51-27-9-7-24-49(51)55-52(57)28-15-29-54(55)58(43-21-12-18-40(36-43)46-25-13-17-39-16-4-5-22-45(39)46)44-30-31-48-47-23-6-8-26-50(47)56(53(48)37-44)32-10-3-11-33-56/h4-9,12-13,15-18,21-31,36-38,41-42H,2-3,10-11,14,19-20,32-35H2,1H3. The summed E-state index contributed by atoms with van der Waals surface area (Å²) < 4.78 is 0. The lowest BCUT2D eigenvalue weighted by atomic mass is 9.49. The van der Waals surface area contributed by atoms with Gasteiger partial charge in [0.15, 0.2) is 0 Å². The highest BCUT2D eigenvalue weighted by atomic mass is 15.1. The van der Waals surface area contributed by atoms with Crippen molar-refractivity contribution in [2.45, 2.75) is 88.4 Å². The molecule has 12 rings (SSSR count). The molecule has 3 saturated carbocycles. The van der Waals surface area contributed by atoms with E-state index in [2.05, 4.69) is 163 Å². The first-order valence-electron chi connectivity index (χ1n) is 22.5. The van der Waals surface area contributed by atoms with Gasteiger partial charge in [-0.15, -0.1) is 0 Å². The summed E-state index contributed by atoms with van der Waals surface area (Å²) in [6.07, 6.45) is 14.5. The zero-order valence-corrected chi connectivity index (χ0v) is 33.9. The minimum absolute atomic E-state index is 0.0846. The Morgan fingerprint density at radius 3 is 2.02 bits per heavy atom. The first-order valence-corrected chi connectivity index (χ1v) is 22.5. The summed E-state index contributed by atoms with van der Waals surface area (Å²) >= 11 is 0. The molecular formula is C57H53N. The van der Waals surface area contributed by atoms with Crippen molar-refractivity contribution in [3.05, 3.63) is 174 Å². The molecular weight excluding hydrogens is 699 g/mol. The van der Waals surface area contributed by atoms with Crippen LogP contribution < -0.4 is 4.90 Å². The topological polar surface area (TPSA) is 3.24 Å². The lowest BCUT2D eigenvalue weighted by Gasteiger charge is -2.55. The van der Waals surface area contributed by atoms with Crippen LogP contribution in [0.4, 0.5) is 17.1 Å². The van der Waals surface area contributed by atoms with Crippen LogP contribution in [0.15, 0.2) is 152 Å². The van der Waals surface area contributed by atoms with Crippen molar-refractivity contribution in [1.29, 1.82) is 0 Å². The van der Waals surface area contributed by atoms with Gasteiger partial charge in [0.05, 0.1) is 5.69 Å². The molecule has 0 N–H and O–H groups in total. The third-order valence-electron chi connectivity index (χ3n) is 16.0. The molecule has 2 atom stereocenters. The number of hydrogen-bond donors (Lipinski definition) is 0. The molecule has 3 fully saturated rings. The second-order valence-corrected chi connectivity index (χ2v) is 18.5. The summed E-state index contributed by atoms with van der Waals surface area (Å²) in [5.41, 5.74) is 18.7. The van der Waals surface area contributed by atoms with E-state index in [4.69, 9.17) is 0 Å². The van der Waals surface area contributed by atoms with Crippen molar-refractivity contribution in [2.24, 2.45) is 17.8 Å². The Kier molecular flexibility index (Phi) is 7.95. The van der Waals surface area contributed by atoms with Crippen molar-refractivity contribution in [3.8, 4) is 33.4 Å². The van der Waals surface area contributed by atoms with Gasteiger partial charge in [0, 0.05) is 27.8 Å². The fourth-order valence-electron chi connectivity index (χ4n) is 13.7. The number of hydrogen-bond acceptors (Lipinski definition) is 1. The molecule has 0 aliphatic heterocycles. The second kappa shape index (κ2) is 13.3. The van der Waals surface area contributed by atoms with Crippen molar-refractivity contribution in [2.75, 3.05) is 4.90 Å². The molecule has 0 saturated heterocycles. The summed E-state index contributed by atoms with van der Waals surface area (Å²) in [6.45, 7) is 2.43. The lowest BCUT2D eigenvalue weighted by Crippen LogP contribution is -2.49. The molecule has 7 aromatic carbocycles. The summed E-state index contributed by atoms with van der Waals surface area (Å²) in [5, 5.41) is 2.58. The number of rotatable bonds is 5. The lowest BCUT2D eigenvalue weighted by molar-refractivity contribution is 0.0492. The third-order valence-corrected chi connectivity index (χ3v) is 16.0. The SMILES string of the molecule is CCC1CC2CCCC(C1)C21c2ccccc2-c2c(N(c3cccc(-c4cccc5ccccc45)c3)c3ccc4c(c3)C3(CCCCC3)c3ccccc3-4)cccc21. The van der Waals surface area contributed by atoms with E-state index < -0.39 is 0 Å². The van der Waals surface area contributed by atoms with E-state index in [0.717, 1.165) is 5.92 Å². The predicted octanol–water partition coefficient (Wildman–Crippen LogP) is 15.7. The van der Waals surface area contributed by atoms with Crippen LogP contribution in [0.2, 0.25) is 0 Å². The van der Waals surface area contributed by atoms with E-state index in [9.17, 15) is 0 Å². The van der Waals surface area contributed by atoms with Crippen LogP contribution in [0.25, 0.3) is 44.2 Å². The fraction of sp³-hybridized carbons (Fsp3) is 0.298. The van der Waals surface area contributed by atoms with Gasteiger partial charge in [-0.3, -0.25) is 0 Å². The Hall–Kier alpha value is -5.40. The molecule has 1 nitrogen and oxygen atoms in total. The summed E-state index contributed by atoms with van der Waals surface area (Å²) in [4.78, 5) is 2.66. The normalized spacial score (nSPS) is 23.4. The van der Waals surface area contributed by atoms with Crippen LogP contribution in [0, 0.1) is 17.8 Å². The van der Waals surface area contributed by atoms with Gasteiger partial charge >= 0.3 is 0 Å². The second-order valence-electron chi connectivity index (χ2n) is 18.5. The Morgan fingerprint density at radius 2 is 1.17 bits per heavy atom. The molecule has 0 radical (unpaired) electrons. The number of benzene rings is 7. The molecule has 2 unspecified atom stereocenters. The van der Waals surface area contributed by atoms with Crippen molar-refractivity contribution in [3.63, 3.8) is 0 Å². The quantitative estimate of drug-likeness (QED) is 0.169. The number of anilines is 3. The Morgan fingerprint density at radius 1 is 0.517 bits per heavy atom. The van der Waals surface area contributed by atoms with Gasteiger partial charge in [0.2, 0.25) is 0 Å². The zero-order valence-electron chi connectivity index (χ0n) is 33.9. The third kappa shape index (κ3) is 4.83. The summed E-state index contributed by atoms with van der Waals surface area (Å²) in [5.74, 6) is 2.22. The van der Waals surface area contributed by atoms with Gasteiger partial charge in [-0.05, 0) is 147 Å². The summed E-state index contributed by atoms with van der Waals surface area (Å²) in [7, 11) is 0. The van der Waals surface area contributed by atoms with Crippen LogP contribution in [-0.4, -0.2) is 0 Å². The summed E-state index contributed by atoms with van der Waals surface area (Å²) in [6, 6.07) is 59.0. The Balaban J connectivity index is 1.11. The Bertz CT molecular complexity index is 2710. The van der Waals surface area contributed by atoms with Gasteiger partial charge in [-0.1, -0.05) is 160 Å². The minimum atomic E-state index is 0.0846. The maximum atomic E-state index is 2.66. The van der Waals surface area contributed by atoms with Crippen LogP contribution in [0.3, 0.4) is 0 Å². The van der Waals surface area contributed by atoms with E-state index >= 15 is 0 Å². The van der Waals surface area contributed by atoms with Gasteiger partial charge in [0.1, 0.15) is 0 Å². The first-order chi connectivity index (χ1) is 28.7. The molecule has 1 heteroatoms.